The molecule has 0 fully saturated rings. The molecular formula is C19H16F2N2O7. The van der Waals surface area contributed by atoms with Gasteiger partial charge in [0.1, 0.15) is 17.2 Å². The second-order valence-electron chi connectivity index (χ2n) is 5.58. The zero-order valence-electron chi connectivity index (χ0n) is 15.5. The SMILES string of the molecule is COc1ccc(NC(=O)COC(=O)/C=C/c2ccc(OC(F)F)cc2)c([N+](=O)[O-])c1. The standard InChI is InChI=1S/C19H16F2N2O7/c1-28-14-7-8-15(16(10-14)23(26)27)22-17(24)11-29-18(25)9-4-12-2-5-13(6-3-12)30-19(20)21/h2-10,19H,11H2,1H3,(H,22,24)/b9-4+. The molecule has 0 aliphatic heterocycles. The van der Waals surface area contributed by atoms with Gasteiger partial charge in [0, 0.05) is 6.08 Å². The van der Waals surface area contributed by atoms with E-state index in [-0.39, 0.29) is 22.9 Å². The summed E-state index contributed by atoms with van der Waals surface area (Å²) in [6.07, 6.45) is 2.38. The summed E-state index contributed by atoms with van der Waals surface area (Å²) in [5.74, 6) is -1.42. The molecule has 0 heterocycles. The number of benzene rings is 2. The number of methoxy groups -OCH3 is 1. The maximum atomic E-state index is 12.1. The molecule has 0 aliphatic rings. The Labute approximate surface area is 169 Å². The van der Waals surface area contributed by atoms with E-state index < -0.39 is 30.0 Å². The zero-order valence-corrected chi connectivity index (χ0v) is 15.5. The van der Waals surface area contributed by atoms with Crippen LogP contribution >= 0.6 is 0 Å². The minimum atomic E-state index is -2.94. The number of nitrogens with zero attached hydrogens (tertiary/aromatic N) is 1. The lowest BCUT2D eigenvalue weighted by atomic mass is 10.2. The first-order chi connectivity index (χ1) is 14.3. The first kappa shape index (κ1) is 22.3. The molecule has 1 N–H and O–H groups in total. The predicted octanol–water partition coefficient (Wildman–Crippen LogP) is 3.40. The van der Waals surface area contributed by atoms with Gasteiger partial charge in [-0.2, -0.15) is 8.78 Å². The molecule has 2 aromatic rings. The van der Waals surface area contributed by atoms with Crippen molar-refractivity contribution >= 4 is 29.3 Å². The Bertz CT molecular complexity index is 946. The van der Waals surface area contributed by atoms with Crippen LogP contribution < -0.4 is 14.8 Å². The fourth-order valence-electron chi connectivity index (χ4n) is 2.19. The molecule has 1 amide bonds. The van der Waals surface area contributed by atoms with Gasteiger partial charge in [-0.1, -0.05) is 12.1 Å². The molecule has 0 aromatic heterocycles. The number of nitro benzene ring substituents is 1. The number of ether oxygens (including phenoxy) is 3. The number of amides is 1. The molecule has 0 aliphatic carbocycles. The van der Waals surface area contributed by atoms with Crippen molar-refractivity contribution in [2.45, 2.75) is 6.61 Å². The predicted molar refractivity (Wildman–Crippen MR) is 101 cm³/mol. The van der Waals surface area contributed by atoms with Crippen LogP contribution in [0.1, 0.15) is 5.56 Å². The van der Waals surface area contributed by atoms with E-state index in [1.807, 2.05) is 0 Å². The van der Waals surface area contributed by atoms with Crippen molar-refractivity contribution in [3.8, 4) is 11.5 Å². The number of hydrogen-bond acceptors (Lipinski definition) is 7. The molecule has 0 spiro atoms. The number of esters is 1. The van der Waals surface area contributed by atoms with Gasteiger partial charge >= 0.3 is 12.6 Å². The minimum Gasteiger partial charge on any atom is -0.496 e. The van der Waals surface area contributed by atoms with Crippen molar-refractivity contribution in [3.63, 3.8) is 0 Å². The Balaban J connectivity index is 1.88. The van der Waals surface area contributed by atoms with E-state index in [9.17, 15) is 28.5 Å². The molecule has 0 atom stereocenters. The van der Waals surface area contributed by atoms with Crippen molar-refractivity contribution in [1.82, 2.24) is 0 Å². The molecule has 11 heteroatoms. The van der Waals surface area contributed by atoms with Gasteiger partial charge in [-0.3, -0.25) is 14.9 Å². The van der Waals surface area contributed by atoms with Crippen LogP contribution in [-0.4, -0.2) is 37.1 Å². The van der Waals surface area contributed by atoms with Gasteiger partial charge in [0.25, 0.3) is 11.6 Å². The van der Waals surface area contributed by atoms with Crippen LogP contribution in [0.3, 0.4) is 0 Å². The molecule has 2 rings (SSSR count). The van der Waals surface area contributed by atoms with Crippen molar-refractivity contribution < 1.29 is 37.5 Å². The van der Waals surface area contributed by atoms with E-state index in [4.69, 9.17) is 9.47 Å². The second-order valence-corrected chi connectivity index (χ2v) is 5.58. The summed E-state index contributed by atoms with van der Waals surface area (Å²) in [5.41, 5.74) is 0.0450. The molecule has 158 valence electrons. The number of carbonyl (C=O) groups excluding carboxylic acids is 2. The number of nitrogens with one attached hydrogen (secondary N) is 1. The molecule has 0 saturated heterocycles. The summed E-state index contributed by atoms with van der Waals surface area (Å²) in [5, 5.41) is 13.4. The first-order valence-electron chi connectivity index (χ1n) is 8.30. The van der Waals surface area contributed by atoms with Crippen LogP contribution in [0.4, 0.5) is 20.2 Å². The summed E-state index contributed by atoms with van der Waals surface area (Å²) in [6.45, 7) is -3.61. The summed E-state index contributed by atoms with van der Waals surface area (Å²) in [7, 11) is 1.34. The lowest BCUT2D eigenvalue weighted by Gasteiger charge is -2.07. The zero-order chi connectivity index (χ0) is 22.1. The van der Waals surface area contributed by atoms with E-state index >= 15 is 0 Å². The Morgan fingerprint density at radius 2 is 1.83 bits per heavy atom. The summed E-state index contributed by atoms with van der Waals surface area (Å²) < 4.78 is 38.0. The molecule has 9 nitrogen and oxygen atoms in total. The quantitative estimate of drug-likeness (QED) is 0.285. The van der Waals surface area contributed by atoms with E-state index in [1.54, 1.807) is 0 Å². The third-order valence-corrected chi connectivity index (χ3v) is 3.54. The van der Waals surface area contributed by atoms with Crippen molar-refractivity contribution in [2.24, 2.45) is 0 Å². The first-order valence-corrected chi connectivity index (χ1v) is 8.30. The summed E-state index contributed by atoms with van der Waals surface area (Å²) in [6, 6.07) is 9.34. The van der Waals surface area contributed by atoms with Gasteiger partial charge < -0.3 is 19.5 Å². The van der Waals surface area contributed by atoms with Crippen molar-refractivity contribution in [3.05, 3.63) is 64.2 Å². The summed E-state index contributed by atoms with van der Waals surface area (Å²) >= 11 is 0. The fourth-order valence-corrected chi connectivity index (χ4v) is 2.19. The van der Waals surface area contributed by atoms with Gasteiger partial charge in [0.05, 0.1) is 18.1 Å². The van der Waals surface area contributed by atoms with E-state index in [2.05, 4.69) is 10.1 Å². The van der Waals surface area contributed by atoms with Gasteiger partial charge in [-0.25, -0.2) is 4.79 Å². The monoisotopic (exact) mass is 422 g/mol. The molecule has 30 heavy (non-hydrogen) atoms. The number of nitro groups is 1. The average Bonchev–Trinajstić information content (AvgIpc) is 2.71. The van der Waals surface area contributed by atoms with Gasteiger partial charge in [-0.05, 0) is 35.9 Å². The highest BCUT2D eigenvalue weighted by Crippen LogP contribution is 2.28. The van der Waals surface area contributed by atoms with E-state index in [1.165, 1.54) is 49.6 Å². The lowest BCUT2D eigenvalue weighted by molar-refractivity contribution is -0.384. The van der Waals surface area contributed by atoms with Crippen LogP contribution in [0.25, 0.3) is 6.08 Å². The molecule has 0 saturated carbocycles. The molecule has 2 aromatic carbocycles. The highest BCUT2D eigenvalue weighted by atomic mass is 19.3. The normalized spacial score (nSPS) is 10.7. The van der Waals surface area contributed by atoms with E-state index in [0.717, 1.165) is 12.1 Å². The fraction of sp³-hybridized carbons (Fsp3) is 0.158. The van der Waals surface area contributed by atoms with Crippen LogP contribution in [0.15, 0.2) is 48.5 Å². The Morgan fingerprint density at radius 1 is 1.17 bits per heavy atom. The largest absolute Gasteiger partial charge is 0.496 e. The van der Waals surface area contributed by atoms with Gasteiger partial charge in [-0.15, -0.1) is 0 Å². The summed E-state index contributed by atoms with van der Waals surface area (Å²) in [4.78, 5) is 34.0. The van der Waals surface area contributed by atoms with Crippen LogP contribution in [0, 0.1) is 10.1 Å². The lowest BCUT2D eigenvalue weighted by Crippen LogP contribution is -2.20. The Morgan fingerprint density at radius 3 is 2.43 bits per heavy atom. The van der Waals surface area contributed by atoms with Gasteiger partial charge in [0.2, 0.25) is 0 Å². The number of anilines is 1. The number of alkyl halides is 2. The number of rotatable bonds is 9. The minimum absolute atomic E-state index is 0.0333. The van der Waals surface area contributed by atoms with Crippen LogP contribution in [0.2, 0.25) is 0 Å². The number of carbonyl (C=O) groups is 2. The highest BCUT2D eigenvalue weighted by Gasteiger charge is 2.17. The maximum absolute atomic E-state index is 12.1. The number of hydrogen-bond donors (Lipinski definition) is 1. The topological polar surface area (TPSA) is 117 Å². The third-order valence-electron chi connectivity index (χ3n) is 3.54. The smallest absolute Gasteiger partial charge is 0.387 e. The molecule has 0 unspecified atom stereocenters. The van der Waals surface area contributed by atoms with Crippen LogP contribution in [0.5, 0.6) is 11.5 Å². The third kappa shape index (κ3) is 6.86. The Hall–Kier alpha value is -4.02. The molecule has 0 bridgehead atoms. The second kappa shape index (κ2) is 10.5. The van der Waals surface area contributed by atoms with Crippen LogP contribution in [-0.2, 0) is 14.3 Å². The van der Waals surface area contributed by atoms with Crippen molar-refractivity contribution in [1.29, 1.82) is 0 Å². The Kier molecular flexibility index (Phi) is 7.80. The maximum Gasteiger partial charge on any atom is 0.387 e. The average molecular weight is 422 g/mol. The molecular weight excluding hydrogens is 406 g/mol. The number of halogens is 2. The highest BCUT2D eigenvalue weighted by molar-refractivity contribution is 5.96. The molecule has 0 radical (unpaired) electrons. The van der Waals surface area contributed by atoms with Gasteiger partial charge in [0.15, 0.2) is 6.61 Å². The van der Waals surface area contributed by atoms with E-state index in [0.29, 0.717) is 5.56 Å². The van der Waals surface area contributed by atoms with Crippen molar-refractivity contribution in [2.75, 3.05) is 19.0 Å².